The van der Waals surface area contributed by atoms with Crippen LogP contribution in [-0.4, -0.2) is 67.9 Å². The summed E-state index contributed by atoms with van der Waals surface area (Å²) < 4.78 is 0. The van der Waals surface area contributed by atoms with Gasteiger partial charge in [0.25, 0.3) is 0 Å². The van der Waals surface area contributed by atoms with E-state index in [9.17, 15) is 24.3 Å². The molecule has 0 saturated heterocycles. The fourth-order valence-electron chi connectivity index (χ4n) is 5.00. The minimum Gasteiger partial charge on any atom is -0.480 e. The van der Waals surface area contributed by atoms with Crippen molar-refractivity contribution in [2.24, 2.45) is 11.7 Å². The molecular formula is C32H39N7O5. The number of hydrogen-bond donors (Lipinski definition) is 7. The number of imidazole rings is 1. The first kappa shape index (κ1) is 32.0. The van der Waals surface area contributed by atoms with E-state index < -0.39 is 47.9 Å². The van der Waals surface area contributed by atoms with E-state index in [1.165, 1.54) is 12.5 Å². The average Bonchev–Trinajstić information content (AvgIpc) is 3.69. The quantitative estimate of drug-likeness (QED) is 0.108. The van der Waals surface area contributed by atoms with Crippen molar-refractivity contribution in [3.63, 3.8) is 0 Å². The van der Waals surface area contributed by atoms with Crippen molar-refractivity contribution in [1.29, 1.82) is 0 Å². The van der Waals surface area contributed by atoms with Crippen LogP contribution in [0.1, 0.15) is 37.1 Å². The number of rotatable bonds is 15. The Kier molecular flexibility index (Phi) is 10.9. The molecule has 0 radical (unpaired) electrons. The van der Waals surface area contributed by atoms with Crippen molar-refractivity contribution in [1.82, 2.24) is 30.9 Å². The molecule has 0 aliphatic heterocycles. The number of para-hydroxylation sites is 1. The third kappa shape index (κ3) is 8.32. The monoisotopic (exact) mass is 601 g/mol. The molecule has 5 unspecified atom stereocenters. The number of nitrogens with one attached hydrogen (secondary N) is 5. The van der Waals surface area contributed by atoms with Gasteiger partial charge < -0.3 is 36.8 Å². The second-order valence-electron chi connectivity index (χ2n) is 11.0. The molecule has 0 bridgehead atoms. The van der Waals surface area contributed by atoms with E-state index in [0.29, 0.717) is 12.1 Å². The summed E-state index contributed by atoms with van der Waals surface area (Å²) in [5.41, 5.74) is 9.33. The number of H-pyrrole nitrogens is 2. The Morgan fingerprint density at radius 1 is 0.864 bits per heavy atom. The van der Waals surface area contributed by atoms with E-state index in [0.717, 1.165) is 22.0 Å². The average molecular weight is 602 g/mol. The van der Waals surface area contributed by atoms with Crippen molar-refractivity contribution in [3.8, 4) is 0 Å². The van der Waals surface area contributed by atoms with Gasteiger partial charge in [-0.3, -0.25) is 14.4 Å². The molecule has 0 spiro atoms. The number of aromatic amines is 2. The lowest BCUT2D eigenvalue weighted by Crippen LogP contribution is -2.58. The summed E-state index contributed by atoms with van der Waals surface area (Å²) in [6, 6.07) is 12.6. The second kappa shape index (κ2) is 15.0. The topological polar surface area (TPSA) is 195 Å². The lowest BCUT2D eigenvalue weighted by molar-refractivity contribution is -0.143. The van der Waals surface area contributed by atoms with Crippen LogP contribution in [0.3, 0.4) is 0 Å². The zero-order chi connectivity index (χ0) is 31.6. The Balaban J connectivity index is 1.58. The Morgan fingerprint density at radius 2 is 1.52 bits per heavy atom. The Hall–Kier alpha value is -4.97. The molecular weight excluding hydrogens is 562 g/mol. The molecule has 0 aliphatic carbocycles. The van der Waals surface area contributed by atoms with Gasteiger partial charge in [0, 0.05) is 41.8 Å². The first-order valence-corrected chi connectivity index (χ1v) is 14.6. The minimum atomic E-state index is -1.17. The highest BCUT2D eigenvalue weighted by molar-refractivity contribution is 5.95. The SMILES string of the molecule is CCC(C)C(NC(=O)C(Cc1cnc[nH]1)NC(=O)C(Cc1c[nH]c2ccccc12)NC(=O)C(N)Cc1ccccc1)C(=O)O. The predicted octanol–water partition coefficient (Wildman–Crippen LogP) is 1.83. The number of nitrogens with zero attached hydrogens (tertiary/aromatic N) is 1. The zero-order valence-corrected chi connectivity index (χ0v) is 24.7. The first-order chi connectivity index (χ1) is 21.2. The molecule has 0 fully saturated rings. The van der Waals surface area contributed by atoms with E-state index in [1.807, 2.05) is 61.5 Å². The molecule has 5 atom stereocenters. The van der Waals surface area contributed by atoms with Crippen LogP contribution in [0, 0.1) is 5.92 Å². The molecule has 232 valence electrons. The fourth-order valence-corrected chi connectivity index (χ4v) is 5.00. The smallest absolute Gasteiger partial charge is 0.326 e. The van der Waals surface area contributed by atoms with Crippen LogP contribution < -0.4 is 21.7 Å². The maximum atomic E-state index is 13.9. The molecule has 4 aromatic rings. The van der Waals surface area contributed by atoms with E-state index in [1.54, 1.807) is 13.1 Å². The van der Waals surface area contributed by atoms with E-state index in [2.05, 4.69) is 30.9 Å². The largest absolute Gasteiger partial charge is 0.480 e. The standard InChI is InChI=1S/C32H39N7O5/c1-3-19(2)28(32(43)44)39-31(42)27(15-22-17-34-18-36-22)38-30(41)26(14-21-16-35-25-12-8-7-11-23(21)25)37-29(40)24(33)13-20-9-5-4-6-10-20/h4-12,16-19,24,26-28,35H,3,13-15,33H2,1-2H3,(H,34,36)(H,37,40)(H,38,41)(H,39,42)(H,43,44). The second-order valence-corrected chi connectivity index (χ2v) is 11.0. The number of nitrogens with two attached hydrogens (primary N) is 1. The van der Waals surface area contributed by atoms with Crippen molar-refractivity contribution in [3.05, 3.63) is 90.1 Å². The summed E-state index contributed by atoms with van der Waals surface area (Å²) in [5.74, 6) is -3.33. The van der Waals surface area contributed by atoms with Crippen molar-refractivity contribution < 1.29 is 24.3 Å². The third-order valence-corrected chi connectivity index (χ3v) is 7.76. The molecule has 2 aromatic heterocycles. The van der Waals surface area contributed by atoms with Crippen LogP contribution in [0.15, 0.2) is 73.3 Å². The number of aliphatic carboxylic acids is 1. The predicted molar refractivity (Wildman–Crippen MR) is 165 cm³/mol. The van der Waals surface area contributed by atoms with Gasteiger partial charge in [-0.1, -0.05) is 68.8 Å². The maximum absolute atomic E-state index is 13.9. The summed E-state index contributed by atoms with van der Waals surface area (Å²) >= 11 is 0. The van der Waals surface area contributed by atoms with Gasteiger partial charge in [-0.25, -0.2) is 9.78 Å². The van der Waals surface area contributed by atoms with E-state index in [4.69, 9.17) is 5.73 Å². The number of carboxylic acid groups (broad SMARTS) is 1. The molecule has 4 rings (SSSR count). The summed E-state index contributed by atoms with van der Waals surface area (Å²) in [7, 11) is 0. The summed E-state index contributed by atoms with van der Waals surface area (Å²) in [4.78, 5) is 62.6. The number of fused-ring (bicyclic) bond motifs is 1. The number of aromatic nitrogens is 3. The molecule has 44 heavy (non-hydrogen) atoms. The summed E-state index contributed by atoms with van der Waals surface area (Å²) in [5, 5.41) is 18.8. The van der Waals surface area contributed by atoms with Crippen LogP contribution >= 0.6 is 0 Å². The van der Waals surface area contributed by atoms with Crippen LogP contribution in [0.5, 0.6) is 0 Å². The molecule has 12 nitrogen and oxygen atoms in total. The van der Waals surface area contributed by atoms with Crippen LogP contribution in [0.4, 0.5) is 0 Å². The zero-order valence-electron chi connectivity index (χ0n) is 24.7. The highest BCUT2D eigenvalue weighted by Gasteiger charge is 2.32. The van der Waals surface area contributed by atoms with Gasteiger partial charge in [-0.05, 0) is 29.5 Å². The van der Waals surface area contributed by atoms with Crippen molar-refractivity contribution >= 4 is 34.6 Å². The Morgan fingerprint density at radius 3 is 2.20 bits per heavy atom. The number of benzene rings is 2. The van der Waals surface area contributed by atoms with E-state index in [-0.39, 0.29) is 25.2 Å². The van der Waals surface area contributed by atoms with Gasteiger partial charge in [0.2, 0.25) is 17.7 Å². The molecule has 0 saturated carbocycles. The number of carboxylic acids is 1. The first-order valence-electron chi connectivity index (χ1n) is 14.6. The van der Waals surface area contributed by atoms with Gasteiger partial charge in [0.1, 0.15) is 18.1 Å². The fraction of sp³-hybridized carbons (Fsp3) is 0.344. The van der Waals surface area contributed by atoms with Gasteiger partial charge in [0.15, 0.2) is 0 Å². The third-order valence-electron chi connectivity index (χ3n) is 7.76. The number of carbonyl (C=O) groups excluding carboxylic acids is 3. The summed E-state index contributed by atoms with van der Waals surface area (Å²) in [6.07, 6.45) is 5.67. The molecule has 8 N–H and O–H groups in total. The lowest BCUT2D eigenvalue weighted by Gasteiger charge is -2.26. The Bertz CT molecular complexity index is 1550. The molecule has 2 heterocycles. The van der Waals surface area contributed by atoms with Crippen LogP contribution in [-0.2, 0) is 38.4 Å². The van der Waals surface area contributed by atoms with Crippen LogP contribution in [0.25, 0.3) is 10.9 Å². The molecule has 2 aromatic carbocycles. The highest BCUT2D eigenvalue weighted by atomic mass is 16.4. The normalized spacial score (nSPS) is 14.6. The van der Waals surface area contributed by atoms with Gasteiger partial charge in [0.05, 0.1) is 12.4 Å². The van der Waals surface area contributed by atoms with Gasteiger partial charge in [-0.15, -0.1) is 0 Å². The summed E-state index contributed by atoms with van der Waals surface area (Å²) in [6.45, 7) is 3.56. The van der Waals surface area contributed by atoms with Gasteiger partial charge >= 0.3 is 5.97 Å². The van der Waals surface area contributed by atoms with Crippen molar-refractivity contribution in [2.45, 2.75) is 63.7 Å². The van der Waals surface area contributed by atoms with E-state index >= 15 is 0 Å². The van der Waals surface area contributed by atoms with Gasteiger partial charge in [-0.2, -0.15) is 0 Å². The number of hydrogen-bond acceptors (Lipinski definition) is 6. The molecule has 3 amide bonds. The Labute approximate surface area is 255 Å². The lowest BCUT2D eigenvalue weighted by atomic mass is 9.98. The van der Waals surface area contributed by atoms with Crippen LogP contribution in [0.2, 0.25) is 0 Å². The molecule has 12 heteroatoms. The number of carbonyl (C=O) groups is 4. The number of amides is 3. The highest BCUT2D eigenvalue weighted by Crippen LogP contribution is 2.19. The minimum absolute atomic E-state index is 0.0195. The maximum Gasteiger partial charge on any atom is 0.326 e. The van der Waals surface area contributed by atoms with Crippen molar-refractivity contribution in [2.75, 3.05) is 0 Å². The molecule has 0 aliphatic rings.